The van der Waals surface area contributed by atoms with E-state index in [9.17, 15) is 8.42 Å². The van der Waals surface area contributed by atoms with E-state index in [0.29, 0.717) is 25.4 Å². The molecule has 1 unspecified atom stereocenters. The second-order valence-electron chi connectivity index (χ2n) is 6.13. The van der Waals surface area contributed by atoms with E-state index in [0.717, 1.165) is 22.4 Å². The van der Waals surface area contributed by atoms with Gasteiger partial charge in [-0.1, -0.05) is 24.3 Å². The van der Waals surface area contributed by atoms with Gasteiger partial charge < -0.3 is 9.47 Å². The van der Waals surface area contributed by atoms with Crippen molar-refractivity contribution in [1.29, 1.82) is 0 Å². The molecular formula is C19H23NO4S. The van der Waals surface area contributed by atoms with Gasteiger partial charge in [0.05, 0.1) is 25.0 Å². The molecular weight excluding hydrogens is 338 g/mol. The SMILES string of the molecule is CCOc1ccc2c(c1)C(NS(=O)(=O)Cc1ccccc1C)CCO2. The molecule has 0 spiro atoms. The van der Waals surface area contributed by atoms with Crippen LogP contribution in [0.25, 0.3) is 0 Å². The first-order valence-electron chi connectivity index (χ1n) is 8.42. The van der Waals surface area contributed by atoms with Gasteiger partial charge in [0, 0.05) is 12.0 Å². The second-order valence-corrected chi connectivity index (χ2v) is 7.88. The quantitative estimate of drug-likeness (QED) is 0.857. The summed E-state index contributed by atoms with van der Waals surface area (Å²) in [5.41, 5.74) is 2.61. The third-order valence-corrected chi connectivity index (χ3v) is 5.60. The highest BCUT2D eigenvalue weighted by Crippen LogP contribution is 2.35. The maximum atomic E-state index is 12.7. The maximum absolute atomic E-state index is 12.7. The molecule has 1 atom stereocenters. The molecule has 1 N–H and O–H groups in total. The molecule has 6 heteroatoms. The van der Waals surface area contributed by atoms with Crippen molar-refractivity contribution in [3.05, 3.63) is 59.2 Å². The van der Waals surface area contributed by atoms with Gasteiger partial charge in [-0.05, 0) is 43.2 Å². The van der Waals surface area contributed by atoms with E-state index >= 15 is 0 Å². The fraction of sp³-hybridized carbons (Fsp3) is 0.368. The molecule has 0 aliphatic carbocycles. The van der Waals surface area contributed by atoms with Gasteiger partial charge in [0.2, 0.25) is 10.0 Å². The van der Waals surface area contributed by atoms with Gasteiger partial charge in [0.25, 0.3) is 0 Å². The summed E-state index contributed by atoms with van der Waals surface area (Å²) >= 11 is 0. The topological polar surface area (TPSA) is 64.6 Å². The summed E-state index contributed by atoms with van der Waals surface area (Å²) < 4.78 is 39.3. The van der Waals surface area contributed by atoms with Crippen LogP contribution in [0.3, 0.4) is 0 Å². The largest absolute Gasteiger partial charge is 0.494 e. The molecule has 0 saturated carbocycles. The van der Waals surface area contributed by atoms with Crippen molar-refractivity contribution in [1.82, 2.24) is 4.72 Å². The standard InChI is InChI=1S/C19H23NO4S/c1-3-23-16-8-9-19-17(12-16)18(10-11-24-19)20-25(21,22)13-15-7-5-4-6-14(15)2/h4-9,12,18,20H,3,10-11,13H2,1-2H3. The summed E-state index contributed by atoms with van der Waals surface area (Å²) in [7, 11) is -3.47. The van der Waals surface area contributed by atoms with E-state index in [4.69, 9.17) is 9.47 Å². The van der Waals surface area contributed by atoms with Crippen LogP contribution in [0.4, 0.5) is 0 Å². The summed E-state index contributed by atoms with van der Waals surface area (Å²) in [5, 5.41) is 0. The first kappa shape index (κ1) is 17.8. The van der Waals surface area contributed by atoms with Gasteiger partial charge in [-0.2, -0.15) is 0 Å². The fourth-order valence-electron chi connectivity index (χ4n) is 2.99. The molecule has 5 nitrogen and oxygen atoms in total. The Morgan fingerprint density at radius 3 is 2.80 bits per heavy atom. The molecule has 0 radical (unpaired) electrons. The highest BCUT2D eigenvalue weighted by atomic mass is 32.2. The molecule has 25 heavy (non-hydrogen) atoms. The van der Waals surface area contributed by atoms with Crippen molar-refractivity contribution in [2.75, 3.05) is 13.2 Å². The number of benzene rings is 2. The van der Waals surface area contributed by atoms with Crippen molar-refractivity contribution < 1.29 is 17.9 Å². The molecule has 0 fully saturated rings. The van der Waals surface area contributed by atoms with Crippen LogP contribution in [-0.4, -0.2) is 21.6 Å². The Labute approximate surface area is 149 Å². The van der Waals surface area contributed by atoms with E-state index in [1.54, 1.807) is 0 Å². The number of sulfonamides is 1. The Balaban J connectivity index is 1.81. The summed E-state index contributed by atoms with van der Waals surface area (Å²) in [6.07, 6.45) is 0.593. The lowest BCUT2D eigenvalue weighted by Gasteiger charge is -2.27. The van der Waals surface area contributed by atoms with Crippen LogP contribution in [-0.2, 0) is 15.8 Å². The first-order valence-corrected chi connectivity index (χ1v) is 10.1. The van der Waals surface area contributed by atoms with Crippen molar-refractivity contribution in [2.45, 2.75) is 32.1 Å². The normalized spacial score (nSPS) is 16.8. The Bertz CT molecular complexity index is 848. The van der Waals surface area contributed by atoms with Crippen molar-refractivity contribution in [3.8, 4) is 11.5 Å². The molecule has 0 aromatic heterocycles. The Kier molecular flexibility index (Phi) is 5.30. The Morgan fingerprint density at radius 2 is 2.04 bits per heavy atom. The smallest absolute Gasteiger partial charge is 0.216 e. The number of hydrogen-bond acceptors (Lipinski definition) is 4. The van der Waals surface area contributed by atoms with Crippen molar-refractivity contribution >= 4 is 10.0 Å². The maximum Gasteiger partial charge on any atom is 0.216 e. The average Bonchev–Trinajstić information content (AvgIpc) is 2.57. The van der Waals surface area contributed by atoms with Gasteiger partial charge in [-0.3, -0.25) is 0 Å². The third kappa shape index (κ3) is 4.32. The molecule has 134 valence electrons. The molecule has 0 amide bonds. The molecule has 0 bridgehead atoms. The van der Waals surface area contributed by atoms with Gasteiger partial charge in [0.15, 0.2) is 0 Å². The summed E-state index contributed by atoms with van der Waals surface area (Å²) in [6, 6.07) is 12.8. The predicted molar refractivity (Wildman–Crippen MR) is 97.4 cm³/mol. The van der Waals surface area contributed by atoms with Crippen LogP contribution in [0.5, 0.6) is 11.5 Å². The number of aryl methyl sites for hydroxylation is 1. The highest BCUT2D eigenvalue weighted by molar-refractivity contribution is 7.88. The van der Waals surface area contributed by atoms with Crippen LogP contribution < -0.4 is 14.2 Å². The van der Waals surface area contributed by atoms with E-state index in [1.165, 1.54) is 0 Å². The molecule has 1 heterocycles. The van der Waals surface area contributed by atoms with Gasteiger partial charge >= 0.3 is 0 Å². The van der Waals surface area contributed by atoms with E-state index in [2.05, 4.69) is 4.72 Å². The van der Waals surface area contributed by atoms with Crippen LogP contribution in [0, 0.1) is 6.92 Å². The van der Waals surface area contributed by atoms with Crippen LogP contribution in [0.15, 0.2) is 42.5 Å². The van der Waals surface area contributed by atoms with Crippen LogP contribution >= 0.6 is 0 Å². The van der Waals surface area contributed by atoms with Crippen LogP contribution in [0.1, 0.15) is 36.1 Å². The number of ether oxygens (including phenoxy) is 2. The molecule has 1 aliphatic heterocycles. The van der Waals surface area contributed by atoms with Gasteiger partial charge in [-0.25, -0.2) is 13.1 Å². The average molecular weight is 361 g/mol. The summed E-state index contributed by atoms with van der Waals surface area (Å²) in [4.78, 5) is 0. The number of hydrogen-bond donors (Lipinski definition) is 1. The molecule has 1 aliphatic rings. The third-order valence-electron chi connectivity index (χ3n) is 4.26. The predicted octanol–water partition coefficient (Wildman–Crippen LogP) is 3.34. The highest BCUT2D eigenvalue weighted by Gasteiger charge is 2.26. The zero-order valence-corrected chi connectivity index (χ0v) is 15.3. The Hall–Kier alpha value is -2.05. The second kappa shape index (κ2) is 7.45. The first-order chi connectivity index (χ1) is 12.0. The number of nitrogens with one attached hydrogen (secondary N) is 1. The zero-order chi connectivity index (χ0) is 17.9. The molecule has 2 aromatic rings. The van der Waals surface area contributed by atoms with Crippen molar-refractivity contribution in [2.24, 2.45) is 0 Å². The lowest BCUT2D eigenvalue weighted by atomic mass is 10.0. The van der Waals surface area contributed by atoms with E-state index < -0.39 is 10.0 Å². The molecule has 3 rings (SSSR count). The summed E-state index contributed by atoms with van der Waals surface area (Å²) in [6.45, 7) is 4.88. The fourth-order valence-corrected chi connectivity index (χ4v) is 4.48. The number of fused-ring (bicyclic) bond motifs is 1. The monoisotopic (exact) mass is 361 g/mol. The van der Waals surface area contributed by atoms with Gasteiger partial charge in [-0.15, -0.1) is 0 Å². The minimum absolute atomic E-state index is 0.0302. The zero-order valence-electron chi connectivity index (χ0n) is 14.5. The minimum Gasteiger partial charge on any atom is -0.494 e. The van der Waals surface area contributed by atoms with Crippen molar-refractivity contribution in [3.63, 3.8) is 0 Å². The molecule has 0 saturated heterocycles. The van der Waals surface area contributed by atoms with Gasteiger partial charge in [0.1, 0.15) is 11.5 Å². The minimum atomic E-state index is -3.47. The van der Waals surface area contributed by atoms with E-state index in [1.807, 2.05) is 56.3 Å². The lowest BCUT2D eigenvalue weighted by molar-refractivity contribution is 0.261. The summed E-state index contributed by atoms with van der Waals surface area (Å²) in [5.74, 6) is 1.39. The Morgan fingerprint density at radius 1 is 1.24 bits per heavy atom. The van der Waals surface area contributed by atoms with Crippen LogP contribution in [0.2, 0.25) is 0 Å². The molecule has 2 aromatic carbocycles. The number of rotatable bonds is 6. The van der Waals surface area contributed by atoms with E-state index in [-0.39, 0.29) is 11.8 Å². The lowest BCUT2D eigenvalue weighted by Crippen LogP contribution is -2.33.